The van der Waals surface area contributed by atoms with Gasteiger partial charge in [-0.05, 0) is 29.0 Å². The predicted octanol–water partition coefficient (Wildman–Crippen LogP) is 4.22. The molecule has 0 amide bonds. The number of rotatable bonds is 3. The zero-order chi connectivity index (χ0) is 11.4. The molecule has 0 unspecified atom stereocenters. The highest BCUT2D eigenvalue weighted by atomic mass is 79.9. The molecule has 0 saturated carbocycles. The van der Waals surface area contributed by atoms with E-state index in [1.807, 2.05) is 11.4 Å². The summed E-state index contributed by atoms with van der Waals surface area (Å²) in [7, 11) is 0. The minimum absolute atomic E-state index is 0.762. The van der Waals surface area contributed by atoms with Gasteiger partial charge in [-0.3, -0.25) is 0 Å². The van der Waals surface area contributed by atoms with E-state index in [0.717, 1.165) is 27.8 Å². The van der Waals surface area contributed by atoms with E-state index in [4.69, 9.17) is 5.26 Å². The fraction of sp³-hybridized carbons (Fsp3) is 0.154. The normalized spacial score (nSPS) is 10.0. The monoisotopic (exact) mass is 291 g/mol. The van der Waals surface area contributed by atoms with Gasteiger partial charge in [0.2, 0.25) is 0 Å². The van der Waals surface area contributed by atoms with Gasteiger partial charge in [-0.25, -0.2) is 0 Å². The van der Waals surface area contributed by atoms with Crippen LogP contribution in [0.4, 0.5) is 0 Å². The molecule has 1 aromatic heterocycles. The molecule has 0 fully saturated rings. The summed E-state index contributed by atoms with van der Waals surface area (Å²) < 4.78 is 0. The number of nitriles is 1. The summed E-state index contributed by atoms with van der Waals surface area (Å²) in [6.07, 6.45) is 1.04. The summed E-state index contributed by atoms with van der Waals surface area (Å²) >= 11 is 5.04. The van der Waals surface area contributed by atoms with Crippen LogP contribution in [0.15, 0.2) is 35.7 Å². The van der Waals surface area contributed by atoms with Gasteiger partial charge in [-0.1, -0.05) is 40.2 Å². The second-order valence-electron chi connectivity index (χ2n) is 3.41. The Morgan fingerprint density at radius 3 is 2.56 bits per heavy atom. The number of benzene rings is 1. The van der Waals surface area contributed by atoms with Gasteiger partial charge in [0.05, 0.1) is 10.4 Å². The van der Waals surface area contributed by atoms with Crippen LogP contribution >= 0.6 is 27.3 Å². The van der Waals surface area contributed by atoms with E-state index in [1.165, 1.54) is 5.56 Å². The predicted molar refractivity (Wildman–Crippen MR) is 72.0 cm³/mol. The van der Waals surface area contributed by atoms with Crippen molar-refractivity contribution >= 4 is 27.3 Å². The van der Waals surface area contributed by atoms with Gasteiger partial charge < -0.3 is 0 Å². The van der Waals surface area contributed by atoms with Crippen molar-refractivity contribution in [2.24, 2.45) is 0 Å². The number of hydrogen-bond donors (Lipinski definition) is 0. The van der Waals surface area contributed by atoms with Crippen molar-refractivity contribution in [2.75, 3.05) is 5.33 Å². The van der Waals surface area contributed by atoms with E-state index in [-0.39, 0.29) is 0 Å². The van der Waals surface area contributed by atoms with Crippen LogP contribution in [0.2, 0.25) is 0 Å². The van der Waals surface area contributed by atoms with Gasteiger partial charge in [-0.2, -0.15) is 5.26 Å². The zero-order valence-electron chi connectivity index (χ0n) is 8.61. The fourth-order valence-corrected chi connectivity index (χ4v) is 2.86. The van der Waals surface area contributed by atoms with Crippen molar-refractivity contribution in [3.05, 3.63) is 46.8 Å². The standard InChI is InChI=1S/C13H10BrNS/c14-7-5-10-1-3-11(4-2-10)13-12(9-15)6-8-16-13/h1-4,6,8H,5,7H2. The van der Waals surface area contributed by atoms with Crippen LogP contribution in [0.1, 0.15) is 11.1 Å². The maximum atomic E-state index is 8.96. The number of nitrogens with zero attached hydrogens (tertiary/aromatic N) is 1. The summed E-state index contributed by atoms with van der Waals surface area (Å²) in [4.78, 5) is 1.06. The number of alkyl halides is 1. The second kappa shape index (κ2) is 5.29. The number of hydrogen-bond acceptors (Lipinski definition) is 2. The Morgan fingerprint density at radius 1 is 1.19 bits per heavy atom. The smallest absolute Gasteiger partial charge is 0.101 e. The average molecular weight is 292 g/mol. The molecular weight excluding hydrogens is 282 g/mol. The minimum atomic E-state index is 0.762. The molecule has 0 aliphatic rings. The molecule has 1 aromatic carbocycles. The van der Waals surface area contributed by atoms with E-state index in [2.05, 4.69) is 46.3 Å². The summed E-state index contributed by atoms with van der Waals surface area (Å²) in [5.74, 6) is 0. The quantitative estimate of drug-likeness (QED) is 0.777. The lowest BCUT2D eigenvalue weighted by molar-refractivity contribution is 1.17. The van der Waals surface area contributed by atoms with Gasteiger partial charge >= 0.3 is 0 Å². The van der Waals surface area contributed by atoms with Crippen LogP contribution < -0.4 is 0 Å². The van der Waals surface area contributed by atoms with E-state index >= 15 is 0 Å². The minimum Gasteiger partial charge on any atom is -0.192 e. The highest BCUT2D eigenvalue weighted by molar-refractivity contribution is 9.09. The topological polar surface area (TPSA) is 23.8 Å². The highest BCUT2D eigenvalue weighted by Gasteiger charge is 2.05. The van der Waals surface area contributed by atoms with E-state index < -0.39 is 0 Å². The Kier molecular flexibility index (Phi) is 3.76. The zero-order valence-corrected chi connectivity index (χ0v) is 11.0. The Balaban J connectivity index is 2.32. The maximum absolute atomic E-state index is 8.96. The van der Waals surface area contributed by atoms with Crippen molar-refractivity contribution in [3.8, 4) is 16.5 Å². The first-order chi connectivity index (χ1) is 7.85. The molecule has 0 radical (unpaired) electrons. The summed E-state index contributed by atoms with van der Waals surface area (Å²) in [6.45, 7) is 0. The largest absolute Gasteiger partial charge is 0.192 e. The molecule has 0 bridgehead atoms. The van der Waals surface area contributed by atoms with Gasteiger partial charge in [0.15, 0.2) is 0 Å². The van der Waals surface area contributed by atoms with Gasteiger partial charge in [0.1, 0.15) is 6.07 Å². The third-order valence-corrected chi connectivity index (χ3v) is 3.74. The molecule has 1 heterocycles. The summed E-state index contributed by atoms with van der Waals surface area (Å²) in [5.41, 5.74) is 3.21. The molecule has 0 spiro atoms. The lowest BCUT2D eigenvalue weighted by atomic mass is 10.1. The number of halogens is 1. The number of aryl methyl sites for hydroxylation is 1. The lowest BCUT2D eigenvalue weighted by Gasteiger charge is -2.01. The Hall–Kier alpha value is -1.11. The molecule has 0 saturated heterocycles. The summed E-state index contributed by atoms with van der Waals surface area (Å²) in [5, 5.41) is 11.9. The first-order valence-electron chi connectivity index (χ1n) is 4.98. The molecule has 0 atom stereocenters. The molecular formula is C13H10BrNS. The van der Waals surface area contributed by atoms with Crippen molar-refractivity contribution < 1.29 is 0 Å². The van der Waals surface area contributed by atoms with E-state index in [0.29, 0.717) is 0 Å². The van der Waals surface area contributed by atoms with Crippen LogP contribution in [0.5, 0.6) is 0 Å². The maximum Gasteiger partial charge on any atom is 0.101 e. The molecule has 1 nitrogen and oxygen atoms in total. The first kappa shape index (κ1) is 11.4. The van der Waals surface area contributed by atoms with Crippen LogP contribution in [0.3, 0.4) is 0 Å². The van der Waals surface area contributed by atoms with E-state index in [1.54, 1.807) is 11.3 Å². The van der Waals surface area contributed by atoms with E-state index in [9.17, 15) is 0 Å². The number of thiophene rings is 1. The second-order valence-corrected chi connectivity index (χ2v) is 5.12. The van der Waals surface area contributed by atoms with Crippen LogP contribution in [0, 0.1) is 11.3 Å². The van der Waals surface area contributed by atoms with Crippen molar-refractivity contribution in [3.63, 3.8) is 0 Å². The van der Waals surface area contributed by atoms with Crippen LogP contribution in [-0.2, 0) is 6.42 Å². The molecule has 0 aliphatic heterocycles. The summed E-state index contributed by atoms with van der Waals surface area (Å²) in [6, 6.07) is 12.5. The van der Waals surface area contributed by atoms with Gasteiger partial charge in [0, 0.05) is 5.33 Å². The lowest BCUT2D eigenvalue weighted by Crippen LogP contribution is -1.85. The molecule has 2 aromatic rings. The van der Waals surface area contributed by atoms with Crippen molar-refractivity contribution in [2.45, 2.75) is 6.42 Å². The van der Waals surface area contributed by atoms with Crippen LogP contribution in [-0.4, -0.2) is 5.33 Å². The first-order valence-corrected chi connectivity index (χ1v) is 6.98. The fourth-order valence-electron chi connectivity index (χ4n) is 1.55. The molecule has 0 N–H and O–H groups in total. The SMILES string of the molecule is N#Cc1ccsc1-c1ccc(CCBr)cc1. The van der Waals surface area contributed by atoms with Gasteiger partial charge in [0.25, 0.3) is 0 Å². The molecule has 80 valence electrons. The molecule has 3 heteroatoms. The van der Waals surface area contributed by atoms with Crippen molar-refractivity contribution in [1.29, 1.82) is 5.26 Å². The Labute approximate surface area is 107 Å². The third kappa shape index (κ3) is 2.34. The van der Waals surface area contributed by atoms with Crippen LogP contribution in [0.25, 0.3) is 10.4 Å². The molecule has 16 heavy (non-hydrogen) atoms. The Bertz CT molecular complexity index is 507. The van der Waals surface area contributed by atoms with Gasteiger partial charge in [-0.15, -0.1) is 11.3 Å². The average Bonchev–Trinajstić information content (AvgIpc) is 2.78. The Morgan fingerprint density at radius 2 is 1.94 bits per heavy atom. The molecule has 2 rings (SSSR count). The third-order valence-electron chi connectivity index (χ3n) is 2.38. The molecule has 0 aliphatic carbocycles. The van der Waals surface area contributed by atoms with Crippen molar-refractivity contribution in [1.82, 2.24) is 0 Å². The highest BCUT2D eigenvalue weighted by Crippen LogP contribution is 2.29.